The predicted octanol–water partition coefficient (Wildman–Crippen LogP) is 0.739. The molecule has 0 aromatic heterocycles. The van der Waals surface area contributed by atoms with E-state index in [0.717, 1.165) is 0 Å². The van der Waals surface area contributed by atoms with Crippen molar-refractivity contribution < 1.29 is 0 Å². The largest absolute Gasteiger partial charge is 0.269 e. The van der Waals surface area contributed by atoms with Crippen LogP contribution in [0.2, 0.25) is 0 Å². The Labute approximate surface area is 63.8 Å². The zero-order valence-electron chi connectivity index (χ0n) is 4.76. The van der Waals surface area contributed by atoms with Crippen molar-refractivity contribution in [3.63, 3.8) is 0 Å². The molecule has 0 bridgehead atoms. The highest BCUT2D eigenvalue weighted by Crippen LogP contribution is 2.12. The van der Waals surface area contributed by atoms with Gasteiger partial charge in [-0.05, 0) is 6.42 Å². The molecule has 0 aromatic carbocycles. The summed E-state index contributed by atoms with van der Waals surface area (Å²) in [5.74, 6) is 0. The van der Waals surface area contributed by atoms with Crippen LogP contribution in [0.25, 0.3) is 0 Å². The van der Waals surface area contributed by atoms with Crippen LogP contribution in [0.5, 0.6) is 0 Å². The van der Waals surface area contributed by atoms with Crippen molar-refractivity contribution in [1.82, 2.24) is 0 Å². The Hall–Kier alpha value is 0.205. The molecule has 42 valence electrons. The molecular weight excluding hydrogens is 212 g/mol. The molecule has 0 spiro atoms. The van der Waals surface area contributed by atoms with Gasteiger partial charge in [-0.3, -0.25) is 4.99 Å². The summed E-state index contributed by atoms with van der Waals surface area (Å²) in [7, 11) is 2.11. The highest BCUT2D eigenvalue weighted by atomic mass is 127. The van der Waals surface area contributed by atoms with E-state index in [0.29, 0.717) is 3.92 Å². The lowest BCUT2D eigenvalue weighted by molar-refractivity contribution is 1.11. The quantitative estimate of drug-likeness (QED) is 0.323. The van der Waals surface area contributed by atoms with Crippen LogP contribution in [0, 0.1) is 0 Å². The number of hydrogen-bond donors (Lipinski definition) is 0. The van der Waals surface area contributed by atoms with E-state index in [1.807, 2.05) is 12.4 Å². The smallest absolute Gasteiger partial charge is 0.136 e. The molecule has 1 aliphatic rings. The molecule has 0 aromatic rings. The van der Waals surface area contributed by atoms with Gasteiger partial charge in [-0.25, -0.2) is 0 Å². The summed E-state index contributed by atoms with van der Waals surface area (Å²) in [5, 5.41) is 0. The van der Waals surface area contributed by atoms with Gasteiger partial charge in [-0.2, -0.15) is 0 Å². The summed E-state index contributed by atoms with van der Waals surface area (Å²) in [6, 6.07) is 0. The average molecular weight is 219 g/mol. The van der Waals surface area contributed by atoms with Crippen LogP contribution < -0.4 is 0 Å². The van der Waals surface area contributed by atoms with Gasteiger partial charge in [-0.1, -0.05) is 28.1 Å². The highest BCUT2D eigenvalue weighted by Gasteiger charge is 2.03. The maximum atomic E-state index is 4.04. The van der Waals surface area contributed by atoms with Crippen LogP contribution in [0.4, 0.5) is 0 Å². The van der Waals surface area contributed by atoms with Crippen molar-refractivity contribution >= 4 is 36.7 Å². The summed E-state index contributed by atoms with van der Waals surface area (Å²) in [6.07, 6.45) is 5.08. The first-order valence-corrected chi connectivity index (χ1v) is 3.86. The third-order valence-electron chi connectivity index (χ3n) is 1.06. The lowest BCUT2D eigenvalue weighted by Crippen LogP contribution is -2.04. The number of aliphatic imine (C=N–C) groups is 1. The van der Waals surface area contributed by atoms with E-state index in [1.165, 1.54) is 11.9 Å². The van der Waals surface area contributed by atoms with E-state index in [1.54, 1.807) is 0 Å². The second-order valence-electron chi connectivity index (χ2n) is 1.99. The average Bonchev–Trinajstić information content (AvgIpc) is 1.64. The molecule has 1 heterocycles. The molecular formula is C5H7BIN. The topological polar surface area (TPSA) is 12.4 Å². The van der Waals surface area contributed by atoms with Crippen LogP contribution in [-0.4, -0.2) is 18.0 Å². The Morgan fingerprint density at radius 1 is 1.88 bits per heavy atom. The van der Waals surface area contributed by atoms with Gasteiger partial charge in [0.15, 0.2) is 0 Å². The summed E-state index contributed by atoms with van der Waals surface area (Å²) in [4.78, 5) is 4.04. The second kappa shape index (κ2) is 2.66. The van der Waals surface area contributed by atoms with Crippen LogP contribution >= 0.6 is 22.6 Å². The molecule has 0 saturated heterocycles. The molecule has 0 fully saturated rings. The number of hydrogen-bond acceptors (Lipinski definition) is 1. The summed E-state index contributed by atoms with van der Waals surface area (Å²) >= 11 is 2.38. The molecule has 0 N–H and O–H groups in total. The maximum absolute atomic E-state index is 4.04. The third-order valence-corrected chi connectivity index (χ3v) is 1.82. The highest BCUT2D eigenvalue weighted by molar-refractivity contribution is 14.1. The minimum atomic E-state index is 0.623. The minimum absolute atomic E-state index is 0.623. The van der Waals surface area contributed by atoms with Gasteiger partial charge in [0.2, 0.25) is 0 Å². The van der Waals surface area contributed by atoms with Crippen molar-refractivity contribution in [3.05, 3.63) is 11.7 Å². The lowest BCUT2D eigenvalue weighted by Gasteiger charge is -2.06. The molecule has 0 saturated carbocycles. The number of rotatable bonds is 0. The fourth-order valence-corrected chi connectivity index (χ4v) is 1.56. The zero-order chi connectivity index (χ0) is 5.98. The van der Waals surface area contributed by atoms with E-state index in [4.69, 9.17) is 0 Å². The number of nitrogens with zero attached hydrogens (tertiary/aromatic N) is 1. The van der Waals surface area contributed by atoms with Gasteiger partial charge in [0, 0.05) is 16.3 Å². The Bertz CT molecular complexity index is 141. The zero-order valence-corrected chi connectivity index (χ0v) is 6.92. The molecule has 1 nitrogen and oxygen atoms in total. The molecule has 0 radical (unpaired) electrons. The van der Waals surface area contributed by atoms with Crippen molar-refractivity contribution in [2.45, 2.75) is 10.3 Å². The predicted molar refractivity (Wildman–Crippen MR) is 47.5 cm³/mol. The third kappa shape index (κ3) is 1.61. The van der Waals surface area contributed by atoms with E-state index in [2.05, 4.69) is 35.4 Å². The van der Waals surface area contributed by atoms with Gasteiger partial charge in [0.1, 0.15) is 7.85 Å². The molecule has 1 rings (SSSR count). The van der Waals surface area contributed by atoms with Gasteiger partial charge < -0.3 is 0 Å². The molecule has 8 heavy (non-hydrogen) atoms. The van der Waals surface area contributed by atoms with E-state index in [-0.39, 0.29) is 0 Å². The number of alkyl halides is 1. The van der Waals surface area contributed by atoms with Crippen LogP contribution in [0.15, 0.2) is 16.7 Å². The first-order valence-electron chi connectivity index (χ1n) is 2.62. The van der Waals surface area contributed by atoms with Crippen molar-refractivity contribution in [2.24, 2.45) is 4.99 Å². The Balaban J connectivity index is 2.59. The van der Waals surface area contributed by atoms with E-state index >= 15 is 0 Å². The van der Waals surface area contributed by atoms with Gasteiger partial charge in [0.05, 0.1) is 0 Å². The first-order chi connectivity index (χ1) is 3.79. The van der Waals surface area contributed by atoms with E-state index < -0.39 is 0 Å². The molecule has 1 atom stereocenters. The van der Waals surface area contributed by atoms with Crippen molar-refractivity contribution in [2.75, 3.05) is 0 Å². The monoisotopic (exact) mass is 219 g/mol. The fraction of sp³-hybridized carbons (Fsp3) is 0.400. The number of halogens is 1. The summed E-state index contributed by atoms with van der Waals surface area (Å²) < 4.78 is 0.623. The van der Waals surface area contributed by atoms with Gasteiger partial charge in [-0.15, -0.1) is 0 Å². The summed E-state index contributed by atoms with van der Waals surface area (Å²) in [5.41, 5.74) is 1.38. The van der Waals surface area contributed by atoms with Crippen LogP contribution in [0.1, 0.15) is 6.42 Å². The fourth-order valence-electron chi connectivity index (χ4n) is 0.677. The number of allylic oxidation sites excluding steroid dienone is 1. The molecule has 0 amide bonds. The van der Waals surface area contributed by atoms with Crippen molar-refractivity contribution in [3.8, 4) is 0 Å². The molecule has 0 aliphatic carbocycles. The van der Waals surface area contributed by atoms with Gasteiger partial charge >= 0.3 is 0 Å². The SMILES string of the molecule is BC1=CN=C[C@H](I)C1. The lowest BCUT2D eigenvalue weighted by atomic mass is 9.91. The van der Waals surface area contributed by atoms with Crippen LogP contribution in [-0.2, 0) is 0 Å². The maximum Gasteiger partial charge on any atom is 0.136 e. The molecule has 3 heteroatoms. The standard InChI is InChI=1S/C5H7BIN/c6-4-1-5(7)3-8-2-4/h2-3,5H,1,6H2/t5-/m1/s1. The Kier molecular flexibility index (Phi) is 2.11. The van der Waals surface area contributed by atoms with Crippen molar-refractivity contribution in [1.29, 1.82) is 0 Å². The molecule has 0 unspecified atom stereocenters. The second-order valence-corrected chi connectivity index (χ2v) is 3.59. The first kappa shape index (κ1) is 6.33. The Morgan fingerprint density at radius 3 is 3.00 bits per heavy atom. The van der Waals surface area contributed by atoms with Crippen LogP contribution in [0.3, 0.4) is 0 Å². The summed E-state index contributed by atoms with van der Waals surface area (Å²) in [6.45, 7) is 0. The van der Waals surface area contributed by atoms with Gasteiger partial charge in [0.25, 0.3) is 0 Å². The Morgan fingerprint density at radius 2 is 2.62 bits per heavy atom. The minimum Gasteiger partial charge on any atom is -0.269 e. The molecule has 1 aliphatic heterocycles. The normalized spacial score (nSPS) is 27.6. The van der Waals surface area contributed by atoms with E-state index in [9.17, 15) is 0 Å².